The Kier molecular flexibility index (Phi) is 4.88. The largest absolute Gasteiger partial charge is 0.393 e. The van der Waals surface area contributed by atoms with Crippen LogP contribution in [0.3, 0.4) is 0 Å². The van der Waals surface area contributed by atoms with Crippen LogP contribution >= 0.6 is 9.24 Å². The maximum atomic E-state index is 9.11. The van der Waals surface area contributed by atoms with E-state index in [1.165, 1.54) is 0 Å². The topological polar surface area (TPSA) is 40.5 Å². The van der Waals surface area contributed by atoms with Gasteiger partial charge in [-0.15, -0.1) is 9.24 Å². The average Bonchev–Trinajstić information content (AvgIpc) is 2.00. The van der Waals surface area contributed by atoms with Crippen molar-refractivity contribution in [3.05, 3.63) is 11.1 Å². The minimum atomic E-state index is -0.680. The second-order valence-corrected chi connectivity index (χ2v) is 2.77. The number of hydrogen-bond acceptors (Lipinski definition) is 2. The molecule has 3 heteroatoms. The molecule has 0 aliphatic rings. The van der Waals surface area contributed by atoms with E-state index < -0.39 is 6.10 Å². The molecule has 0 aromatic carbocycles. The molecule has 0 rings (SSSR count). The fourth-order valence-electron chi connectivity index (χ4n) is 0.582. The Labute approximate surface area is 64.2 Å². The first kappa shape index (κ1) is 10.1. The van der Waals surface area contributed by atoms with Crippen LogP contribution < -0.4 is 0 Å². The van der Waals surface area contributed by atoms with Gasteiger partial charge in [0.05, 0.1) is 12.7 Å². The van der Waals surface area contributed by atoms with E-state index in [0.29, 0.717) is 0 Å². The van der Waals surface area contributed by atoms with Gasteiger partial charge >= 0.3 is 0 Å². The van der Waals surface area contributed by atoms with Gasteiger partial charge in [-0.2, -0.15) is 0 Å². The van der Waals surface area contributed by atoms with Gasteiger partial charge in [-0.05, 0) is 25.6 Å². The predicted molar refractivity (Wildman–Crippen MR) is 46.0 cm³/mol. The Morgan fingerprint density at radius 2 is 2.00 bits per heavy atom. The van der Waals surface area contributed by atoms with Crippen molar-refractivity contribution in [2.45, 2.75) is 20.0 Å². The van der Waals surface area contributed by atoms with Gasteiger partial charge in [-0.3, -0.25) is 0 Å². The van der Waals surface area contributed by atoms with Gasteiger partial charge in [0.1, 0.15) is 0 Å². The summed E-state index contributed by atoms with van der Waals surface area (Å²) < 4.78 is 0. The first-order valence-corrected chi connectivity index (χ1v) is 4.10. The van der Waals surface area contributed by atoms with Crippen molar-refractivity contribution < 1.29 is 10.2 Å². The molecule has 0 spiro atoms. The summed E-state index contributed by atoms with van der Waals surface area (Å²) in [4.78, 5) is 0. The van der Waals surface area contributed by atoms with E-state index in [2.05, 4.69) is 9.24 Å². The van der Waals surface area contributed by atoms with E-state index in [0.717, 1.165) is 17.3 Å². The van der Waals surface area contributed by atoms with E-state index in [-0.39, 0.29) is 6.61 Å². The van der Waals surface area contributed by atoms with Crippen LogP contribution in [0.15, 0.2) is 11.1 Å². The van der Waals surface area contributed by atoms with Crippen molar-refractivity contribution in [2.24, 2.45) is 0 Å². The van der Waals surface area contributed by atoms with E-state index in [4.69, 9.17) is 10.2 Å². The summed E-state index contributed by atoms with van der Waals surface area (Å²) in [6, 6.07) is 0. The highest BCUT2D eigenvalue weighted by Gasteiger charge is 2.05. The van der Waals surface area contributed by atoms with E-state index in [1.54, 1.807) is 0 Å². The van der Waals surface area contributed by atoms with Gasteiger partial charge < -0.3 is 10.2 Å². The maximum absolute atomic E-state index is 9.11. The third-order valence-electron chi connectivity index (χ3n) is 1.65. The molecule has 2 N–H and O–H groups in total. The lowest BCUT2D eigenvalue weighted by atomic mass is 10.1. The number of aliphatic hydroxyl groups is 2. The van der Waals surface area contributed by atoms with Crippen molar-refractivity contribution in [1.82, 2.24) is 0 Å². The SMILES string of the molecule is C/C(CP)=C(\C)[C@H](O)CO. The Morgan fingerprint density at radius 3 is 2.30 bits per heavy atom. The first-order valence-electron chi connectivity index (χ1n) is 3.28. The molecule has 2 nitrogen and oxygen atoms in total. The molecule has 0 saturated heterocycles. The van der Waals surface area contributed by atoms with E-state index in [9.17, 15) is 0 Å². The molecular formula is C7H15O2P. The summed E-state index contributed by atoms with van der Waals surface area (Å²) in [5.74, 6) is 0. The van der Waals surface area contributed by atoms with Gasteiger partial charge in [0, 0.05) is 0 Å². The van der Waals surface area contributed by atoms with Crippen LogP contribution in [0.25, 0.3) is 0 Å². The highest BCUT2D eigenvalue weighted by Crippen LogP contribution is 2.09. The zero-order valence-electron chi connectivity index (χ0n) is 6.46. The molecule has 1 unspecified atom stereocenters. The number of hydrogen-bond donors (Lipinski definition) is 2. The van der Waals surface area contributed by atoms with E-state index >= 15 is 0 Å². The lowest BCUT2D eigenvalue weighted by molar-refractivity contribution is 0.121. The number of rotatable bonds is 3. The van der Waals surface area contributed by atoms with Gasteiger partial charge in [-0.1, -0.05) is 5.57 Å². The fraction of sp³-hybridized carbons (Fsp3) is 0.714. The van der Waals surface area contributed by atoms with Gasteiger partial charge in [-0.25, -0.2) is 0 Å². The predicted octanol–water partition coefficient (Wildman–Crippen LogP) is 0.551. The van der Waals surface area contributed by atoms with Crippen LogP contribution in [0.5, 0.6) is 0 Å². The van der Waals surface area contributed by atoms with Crippen LogP contribution in [0.1, 0.15) is 13.8 Å². The molecule has 0 aromatic rings. The number of aliphatic hydroxyl groups excluding tert-OH is 2. The molecule has 10 heavy (non-hydrogen) atoms. The average molecular weight is 162 g/mol. The molecule has 0 saturated carbocycles. The van der Waals surface area contributed by atoms with Crippen molar-refractivity contribution in [3.63, 3.8) is 0 Å². The van der Waals surface area contributed by atoms with Gasteiger partial charge in [0.2, 0.25) is 0 Å². The lowest BCUT2D eigenvalue weighted by Gasteiger charge is -2.10. The minimum absolute atomic E-state index is 0.187. The summed E-state index contributed by atoms with van der Waals surface area (Å²) in [5.41, 5.74) is 1.99. The molecule has 0 aliphatic carbocycles. The first-order chi connectivity index (χ1) is 4.63. The van der Waals surface area contributed by atoms with Crippen molar-refractivity contribution >= 4 is 9.24 Å². The second kappa shape index (κ2) is 4.84. The summed E-state index contributed by atoms with van der Waals surface area (Å²) in [7, 11) is 2.58. The molecule has 0 aromatic heterocycles. The molecule has 0 aliphatic heterocycles. The van der Waals surface area contributed by atoms with E-state index in [1.807, 2.05) is 13.8 Å². The smallest absolute Gasteiger partial charge is 0.0980 e. The Hall–Kier alpha value is 0.0900. The summed E-state index contributed by atoms with van der Waals surface area (Å²) in [6.45, 7) is 3.59. The Bertz CT molecular complexity index is 132. The lowest BCUT2D eigenvalue weighted by Crippen LogP contribution is -2.14. The summed E-state index contributed by atoms with van der Waals surface area (Å²) in [5, 5.41) is 17.7. The number of allylic oxidation sites excluding steroid dienone is 1. The zero-order valence-corrected chi connectivity index (χ0v) is 7.62. The minimum Gasteiger partial charge on any atom is -0.393 e. The standard InChI is InChI=1S/C7H15O2P/c1-5(4-10)6(2)7(9)3-8/h7-9H,3-4,10H2,1-2H3/b6-5-/t7-/m1/s1. The highest BCUT2D eigenvalue weighted by molar-refractivity contribution is 7.16. The second-order valence-electron chi connectivity index (χ2n) is 2.37. The van der Waals surface area contributed by atoms with Crippen LogP contribution in [-0.2, 0) is 0 Å². The molecule has 0 bridgehead atoms. The summed E-state index contributed by atoms with van der Waals surface area (Å²) >= 11 is 0. The van der Waals surface area contributed by atoms with Gasteiger partial charge in [0.25, 0.3) is 0 Å². The van der Waals surface area contributed by atoms with Gasteiger partial charge in [0.15, 0.2) is 0 Å². The molecule has 60 valence electrons. The molecule has 0 fully saturated rings. The van der Waals surface area contributed by atoms with Crippen LogP contribution in [0, 0.1) is 0 Å². The monoisotopic (exact) mass is 162 g/mol. The normalized spacial score (nSPS) is 16.5. The zero-order chi connectivity index (χ0) is 8.15. The summed E-state index contributed by atoms with van der Waals surface area (Å²) in [6.07, 6.45) is 0.170. The van der Waals surface area contributed by atoms with Crippen molar-refractivity contribution in [2.75, 3.05) is 12.8 Å². The molecule has 0 amide bonds. The molecule has 0 radical (unpaired) electrons. The molecular weight excluding hydrogens is 147 g/mol. The fourth-order valence-corrected chi connectivity index (χ4v) is 0.904. The Morgan fingerprint density at radius 1 is 1.50 bits per heavy atom. The highest BCUT2D eigenvalue weighted by atomic mass is 31.0. The van der Waals surface area contributed by atoms with Crippen LogP contribution in [0.2, 0.25) is 0 Å². The van der Waals surface area contributed by atoms with Crippen LogP contribution in [-0.4, -0.2) is 29.1 Å². The maximum Gasteiger partial charge on any atom is 0.0980 e. The quantitative estimate of drug-likeness (QED) is 0.470. The van der Waals surface area contributed by atoms with Crippen molar-refractivity contribution in [3.8, 4) is 0 Å². The van der Waals surface area contributed by atoms with Crippen molar-refractivity contribution in [1.29, 1.82) is 0 Å². The van der Waals surface area contributed by atoms with Crippen LogP contribution in [0.4, 0.5) is 0 Å². The Balaban J connectivity index is 4.15. The third-order valence-corrected chi connectivity index (χ3v) is 2.26. The molecule has 0 heterocycles. The third kappa shape index (κ3) is 2.78. The molecule has 2 atom stereocenters.